The number of aliphatic hydroxyl groups excluding tert-OH is 1. The molecule has 0 aliphatic heterocycles. The summed E-state index contributed by atoms with van der Waals surface area (Å²) in [5.74, 6) is -0.0810. The minimum atomic E-state index is -0.433. The van der Waals surface area contributed by atoms with Crippen LogP contribution in [0.3, 0.4) is 0 Å². The normalized spacial score (nSPS) is 10.1. The number of rotatable bonds is 5. The molecular formula is C16H14Cl2N2O3S. The van der Waals surface area contributed by atoms with Crippen LogP contribution in [0.2, 0.25) is 10.0 Å². The molecule has 0 saturated carbocycles. The smallest absolute Gasteiger partial charge is 0.264 e. The number of ether oxygens (including phenoxy) is 1. The van der Waals surface area contributed by atoms with Crippen molar-refractivity contribution in [1.82, 2.24) is 5.32 Å². The lowest BCUT2D eigenvalue weighted by atomic mass is 10.2. The van der Waals surface area contributed by atoms with E-state index in [0.29, 0.717) is 21.5 Å². The molecule has 0 fully saturated rings. The molecule has 0 aromatic heterocycles. The first kappa shape index (κ1) is 18.5. The van der Waals surface area contributed by atoms with Gasteiger partial charge in [-0.15, -0.1) is 0 Å². The zero-order valence-electron chi connectivity index (χ0n) is 12.4. The van der Waals surface area contributed by atoms with Crippen LogP contribution in [0.25, 0.3) is 0 Å². The van der Waals surface area contributed by atoms with Crippen LogP contribution in [0.5, 0.6) is 5.75 Å². The molecule has 0 saturated heterocycles. The SMILES string of the molecule is O=C(COc1ccc(Cl)cc1Cl)NC(=S)Nc1cccc(CO)c1. The largest absolute Gasteiger partial charge is 0.482 e. The molecule has 5 nitrogen and oxygen atoms in total. The molecule has 24 heavy (non-hydrogen) atoms. The van der Waals surface area contributed by atoms with Crippen molar-refractivity contribution in [2.45, 2.75) is 6.61 Å². The quantitative estimate of drug-likeness (QED) is 0.689. The Kier molecular flexibility index (Phi) is 6.81. The Morgan fingerprint density at radius 3 is 2.71 bits per heavy atom. The van der Waals surface area contributed by atoms with E-state index in [1.165, 1.54) is 6.07 Å². The first-order valence-electron chi connectivity index (χ1n) is 6.86. The number of thiocarbonyl (C=S) groups is 1. The fourth-order valence-corrected chi connectivity index (χ4v) is 2.50. The second kappa shape index (κ2) is 8.84. The van der Waals surface area contributed by atoms with Crippen LogP contribution in [0.1, 0.15) is 5.56 Å². The monoisotopic (exact) mass is 384 g/mol. The molecule has 0 aliphatic rings. The van der Waals surface area contributed by atoms with Crippen molar-refractivity contribution in [1.29, 1.82) is 0 Å². The summed E-state index contributed by atoms with van der Waals surface area (Å²) in [5.41, 5.74) is 1.39. The molecule has 2 rings (SSSR count). The van der Waals surface area contributed by atoms with E-state index in [1.807, 2.05) is 0 Å². The predicted octanol–water partition coefficient (Wildman–Crippen LogP) is 3.38. The second-order valence-electron chi connectivity index (χ2n) is 4.72. The van der Waals surface area contributed by atoms with Gasteiger partial charge in [-0.25, -0.2) is 0 Å². The van der Waals surface area contributed by atoms with Crippen LogP contribution in [0.15, 0.2) is 42.5 Å². The number of halogens is 2. The molecule has 1 amide bonds. The maximum atomic E-state index is 11.8. The zero-order valence-corrected chi connectivity index (χ0v) is 14.7. The summed E-state index contributed by atoms with van der Waals surface area (Å²) in [7, 11) is 0. The van der Waals surface area contributed by atoms with Gasteiger partial charge in [0.05, 0.1) is 11.6 Å². The fourth-order valence-electron chi connectivity index (χ4n) is 1.81. The number of hydrogen-bond acceptors (Lipinski definition) is 4. The minimum Gasteiger partial charge on any atom is -0.482 e. The summed E-state index contributed by atoms with van der Waals surface area (Å²) in [6, 6.07) is 11.7. The van der Waals surface area contributed by atoms with E-state index >= 15 is 0 Å². The van der Waals surface area contributed by atoms with Gasteiger partial charge in [-0.2, -0.15) is 0 Å². The topological polar surface area (TPSA) is 70.6 Å². The van der Waals surface area contributed by atoms with Gasteiger partial charge in [0.15, 0.2) is 11.7 Å². The Hall–Kier alpha value is -1.86. The van der Waals surface area contributed by atoms with Gasteiger partial charge in [-0.05, 0) is 48.1 Å². The summed E-state index contributed by atoms with van der Waals surface area (Å²) in [5, 5.41) is 15.4. The van der Waals surface area contributed by atoms with Crippen molar-refractivity contribution < 1.29 is 14.6 Å². The van der Waals surface area contributed by atoms with Gasteiger partial charge in [0.1, 0.15) is 5.75 Å². The van der Waals surface area contributed by atoms with Crippen LogP contribution >= 0.6 is 35.4 Å². The first-order chi connectivity index (χ1) is 11.5. The highest BCUT2D eigenvalue weighted by molar-refractivity contribution is 7.80. The molecule has 2 aromatic rings. The molecule has 0 spiro atoms. The van der Waals surface area contributed by atoms with Gasteiger partial charge < -0.3 is 15.2 Å². The van der Waals surface area contributed by atoms with E-state index in [0.717, 1.165) is 5.56 Å². The van der Waals surface area contributed by atoms with Crippen LogP contribution < -0.4 is 15.4 Å². The maximum Gasteiger partial charge on any atom is 0.264 e. The van der Waals surface area contributed by atoms with Crippen molar-refractivity contribution in [3.05, 3.63) is 58.1 Å². The van der Waals surface area contributed by atoms with E-state index in [2.05, 4.69) is 10.6 Å². The Labute approximate surface area is 154 Å². The number of benzene rings is 2. The summed E-state index contributed by atoms with van der Waals surface area (Å²) in [6.45, 7) is -0.329. The lowest BCUT2D eigenvalue weighted by molar-refractivity contribution is -0.121. The summed E-state index contributed by atoms with van der Waals surface area (Å²) >= 11 is 16.8. The fraction of sp³-hybridized carbons (Fsp3) is 0.125. The average Bonchev–Trinajstić information content (AvgIpc) is 2.54. The highest BCUT2D eigenvalue weighted by Gasteiger charge is 2.08. The van der Waals surface area contributed by atoms with E-state index in [4.69, 9.17) is 45.3 Å². The lowest BCUT2D eigenvalue weighted by Crippen LogP contribution is -2.37. The summed E-state index contributed by atoms with van der Waals surface area (Å²) < 4.78 is 5.32. The van der Waals surface area contributed by atoms with E-state index < -0.39 is 5.91 Å². The number of anilines is 1. The third kappa shape index (κ3) is 5.65. The Morgan fingerprint density at radius 1 is 1.21 bits per heavy atom. The number of carbonyl (C=O) groups is 1. The summed E-state index contributed by atoms with van der Waals surface area (Å²) in [4.78, 5) is 11.8. The van der Waals surface area contributed by atoms with Crippen molar-refractivity contribution in [2.75, 3.05) is 11.9 Å². The van der Waals surface area contributed by atoms with E-state index in [1.54, 1.807) is 36.4 Å². The zero-order chi connectivity index (χ0) is 17.5. The van der Waals surface area contributed by atoms with E-state index in [-0.39, 0.29) is 18.3 Å². The van der Waals surface area contributed by atoms with Gasteiger partial charge in [-0.3, -0.25) is 10.1 Å². The van der Waals surface area contributed by atoms with Gasteiger partial charge >= 0.3 is 0 Å². The van der Waals surface area contributed by atoms with Gasteiger partial charge in [0.25, 0.3) is 5.91 Å². The number of hydrogen-bond donors (Lipinski definition) is 3. The second-order valence-corrected chi connectivity index (χ2v) is 5.98. The van der Waals surface area contributed by atoms with Gasteiger partial charge in [0.2, 0.25) is 0 Å². The van der Waals surface area contributed by atoms with Crippen molar-refractivity contribution in [2.24, 2.45) is 0 Å². The maximum absolute atomic E-state index is 11.8. The van der Waals surface area contributed by atoms with Crippen LogP contribution in [0.4, 0.5) is 5.69 Å². The molecule has 8 heteroatoms. The number of amides is 1. The number of aliphatic hydroxyl groups is 1. The molecule has 0 aliphatic carbocycles. The molecular weight excluding hydrogens is 371 g/mol. The van der Waals surface area contributed by atoms with Crippen molar-refractivity contribution in [3.63, 3.8) is 0 Å². The molecule has 0 heterocycles. The number of nitrogens with one attached hydrogen (secondary N) is 2. The molecule has 2 aromatic carbocycles. The van der Waals surface area contributed by atoms with Crippen LogP contribution in [-0.4, -0.2) is 22.7 Å². The highest BCUT2D eigenvalue weighted by Crippen LogP contribution is 2.27. The Morgan fingerprint density at radius 2 is 2.00 bits per heavy atom. The Balaban J connectivity index is 1.84. The molecule has 126 valence electrons. The lowest BCUT2D eigenvalue weighted by Gasteiger charge is -2.11. The number of carbonyl (C=O) groups excluding carboxylic acids is 1. The summed E-state index contributed by atoms with van der Waals surface area (Å²) in [6.07, 6.45) is 0. The molecule has 3 N–H and O–H groups in total. The Bertz CT molecular complexity index is 756. The van der Waals surface area contributed by atoms with E-state index in [9.17, 15) is 4.79 Å². The standard InChI is InChI=1S/C16H14Cl2N2O3S/c17-11-4-5-14(13(18)7-11)23-9-15(22)20-16(24)19-12-3-1-2-10(6-12)8-21/h1-7,21H,8-9H2,(H2,19,20,22,24). The third-order valence-electron chi connectivity index (χ3n) is 2.87. The highest BCUT2D eigenvalue weighted by atomic mass is 35.5. The van der Waals surface area contributed by atoms with Crippen LogP contribution in [0, 0.1) is 0 Å². The van der Waals surface area contributed by atoms with Crippen molar-refractivity contribution >= 4 is 52.1 Å². The average molecular weight is 385 g/mol. The van der Waals surface area contributed by atoms with Crippen LogP contribution in [-0.2, 0) is 11.4 Å². The predicted molar refractivity (Wildman–Crippen MR) is 98.7 cm³/mol. The molecule has 0 bridgehead atoms. The molecule has 0 atom stereocenters. The minimum absolute atomic E-state index is 0.0790. The third-order valence-corrected chi connectivity index (χ3v) is 3.61. The van der Waals surface area contributed by atoms with Gasteiger partial charge in [0, 0.05) is 10.7 Å². The molecule has 0 radical (unpaired) electrons. The first-order valence-corrected chi connectivity index (χ1v) is 8.03. The van der Waals surface area contributed by atoms with Crippen molar-refractivity contribution in [3.8, 4) is 5.75 Å². The van der Waals surface area contributed by atoms with Gasteiger partial charge in [-0.1, -0.05) is 35.3 Å². The molecule has 0 unspecified atom stereocenters.